The molecule has 4 nitrogen and oxygen atoms in total. The highest BCUT2D eigenvalue weighted by Gasteiger charge is 2.49. The van der Waals surface area contributed by atoms with Gasteiger partial charge in [-0.15, -0.1) is 12.4 Å². The van der Waals surface area contributed by atoms with Crippen LogP contribution < -0.4 is 10.5 Å². The molecule has 1 atom stereocenters. The third kappa shape index (κ3) is 3.59. The zero-order valence-electron chi connectivity index (χ0n) is 15.8. The second-order valence-electron chi connectivity index (χ2n) is 7.68. The number of anilines is 1. The number of Topliss-reactive ketones (excluding diaryl/α,β-unsaturated/α-hetero) is 1. The summed E-state index contributed by atoms with van der Waals surface area (Å²) in [7, 11) is 0. The molecule has 5 heteroatoms. The molecule has 1 saturated carbocycles. The van der Waals surface area contributed by atoms with Crippen molar-refractivity contribution in [2.24, 2.45) is 5.92 Å². The van der Waals surface area contributed by atoms with E-state index in [1.807, 2.05) is 42.5 Å². The molecule has 1 fully saturated rings. The van der Waals surface area contributed by atoms with Gasteiger partial charge in [0.1, 0.15) is 11.4 Å². The Morgan fingerprint density at radius 2 is 1.86 bits per heavy atom. The molecular formula is C23H25ClN2O2. The van der Waals surface area contributed by atoms with Crippen molar-refractivity contribution in [1.29, 1.82) is 5.26 Å². The monoisotopic (exact) mass is 396 g/mol. The predicted octanol–water partition coefficient (Wildman–Crippen LogP) is 5.56. The molecule has 1 heterocycles. The van der Waals surface area contributed by atoms with Crippen molar-refractivity contribution in [3.8, 4) is 22.9 Å². The standard InChI is InChI=1S/C23H24N2O2.ClH/c24-13-5-8-20-22(26)19-10-9-17(16-6-4-7-18(25)14-16)15-21(19)27-23(20)11-2-1-3-12-23;/h4,6-7,9-10,14-15,20H,1-3,5,8,11-12,25H2;1H. The van der Waals surface area contributed by atoms with E-state index in [4.69, 9.17) is 15.7 Å². The van der Waals surface area contributed by atoms with Crippen LogP contribution in [0.15, 0.2) is 42.5 Å². The van der Waals surface area contributed by atoms with Gasteiger partial charge in [0, 0.05) is 12.1 Å². The van der Waals surface area contributed by atoms with Crippen molar-refractivity contribution >= 4 is 23.9 Å². The van der Waals surface area contributed by atoms with Crippen LogP contribution in [0.2, 0.25) is 0 Å². The van der Waals surface area contributed by atoms with E-state index in [1.165, 1.54) is 6.42 Å². The molecule has 146 valence electrons. The van der Waals surface area contributed by atoms with Gasteiger partial charge in [0.2, 0.25) is 0 Å². The number of ketones is 1. The number of nitrogens with two attached hydrogens (primary N) is 1. The van der Waals surface area contributed by atoms with Gasteiger partial charge in [0.25, 0.3) is 0 Å². The first-order valence-corrected chi connectivity index (χ1v) is 9.73. The van der Waals surface area contributed by atoms with Crippen LogP contribution >= 0.6 is 12.4 Å². The van der Waals surface area contributed by atoms with Crippen molar-refractivity contribution < 1.29 is 9.53 Å². The zero-order chi connectivity index (χ0) is 18.9. The van der Waals surface area contributed by atoms with Gasteiger partial charge in [-0.2, -0.15) is 5.26 Å². The van der Waals surface area contributed by atoms with Crippen LogP contribution in [0, 0.1) is 17.2 Å². The van der Waals surface area contributed by atoms with Crippen LogP contribution in [0.5, 0.6) is 5.75 Å². The van der Waals surface area contributed by atoms with Gasteiger partial charge in [0.05, 0.1) is 17.6 Å². The van der Waals surface area contributed by atoms with Crippen molar-refractivity contribution in [1.82, 2.24) is 0 Å². The Balaban J connectivity index is 0.00000225. The molecule has 0 saturated heterocycles. The maximum Gasteiger partial charge on any atom is 0.173 e. The predicted molar refractivity (Wildman–Crippen MR) is 113 cm³/mol. The molecule has 4 rings (SSSR count). The summed E-state index contributed by atoms with van der Waals surface area (Å²) < 4.78 is 6.57. The maximum atomic E-state index is 13.3. The van der Waals surface area contributed by atoms with Crippen molar-refractivity contribution in [3.63, 3.8) is 0 Å². The molecule has 0 amide bonds. The Bertz CT molecular complexity index is 913. The van der Waals surface area contributed by atoms with Gasteiger partial charge >= 0.3 is 0 Å². The minimum Gasteiger partial charge on any atom is -0.486 e. The molecular weight excluding hydrogens is 372 g/mol. The van der Waals surface area contributed by atoms with Crippen LogP contribution in [0.1, 0.15) is 55.3 Å². The number of rotatable bonds is 3. The number of nitrogens with zero attached hydrogens (tertiary/aromatic N) is 1. The van der Waals surface area contributed by atoms with Gasteiger partial charge in [-0.1, -0.05) is 24.6 Å². The largest absolute Gasteiger partial charge is 0.486 e. The molecule has 0 radical (unpaired) electrons. The molecule has 2 N–H and O–H groups in total. The SMILES string of the molecule is Cl.N#CCCC1C(=O)c2ccc(-c3cccc(N)c3)cc2OC12CCCCC2. The lowest BCUT2D eigenvalue weighted by atomic mass is 9.69. The molecule has 1 spiro atoms. The number of nitrogen functional groups attached to an aromatic ring is 1. The van der Waals surface area contributed by atoms with E-state index in [1.54, 1.807) is 0 Å². The Hall–Kier alpha value is -2.51. The van der Waals surface area contributed by atoms with Crippen LogP contribution in [-0.2, 0) is 0 Å². The van der Waals surface area contributed by atoms with Gasteiger partial charge in [-0.05, 0) is 67.5 Å². The van der Waals surface area contributed by atoms with Crippen LogP contribution in [-0.4, -0.2) is 11.4 Å². The molecule has 0 bridgehead atoms. The quantitative estimate of drug-likeness (QED) is 0.689. The van der Waals surface area contributed by atoms with Gasteiger partial charge < -0.3 is 10.5 Å². The van der Waals surface area contributed by atoms with E-state index in [-0.39, 0.29) is 24.1 Å². The molecule has 1 unspecified atom stereocenters. The highest BCUT2D eigenvalue weighted by Crippen LogP contribution is 2.47. The number of carbonyl (C=O) groups excluding carboxylic acids is 1. The molecule has 2 aromatic rings. The van der Waals surface area contributed by atoms with Crippen LogP contribution in [0.25, 0.3) is 11.1 Å². The zero-order valence-corrected chi connectivity index (χ0v) is 16.6. The third-order valence-electron chi connectivity index (χ3n) is 5.98. The van der Waals surface area contributed by atoms with Gasteiger partial charge in [0.15, 0.2) is 5.78 Å². The molecule has 1 aliphatic heterocycles. The van der Waals surface area contributed by atoms with Crippen molar-refractivity contribution in [2.45, 2.75) is 50.5 Å². The Kier molecular flexibility index (Phi) is 5.96. The summed E-state index contributed by atoms with van der Waals surface area (Å²) >= 11 is 0. The van der Waals surface area contributed by atoms with Gasteiger partial charge in [-0.25, -0.2) is 0 Å². The molecule has 1 aliphatic carbocycles. The number of halogens is 1. The highest BCUT2D eigenvalue weighted by molar-refractivity contribution is 6.02. The number of fused-ring (bicyclic) bond motifs is 1. The highest BCUT2D eigenvalue weighted by atomic mass is 35.5. The second kappa shape index (κ2) is 8.24. The van der Waals surface area contributed by atoms with E-state index in [0.717, 1.165) is 36.8 Å². The van der Waals surface area contributed by atoms with Crippen LogP contribution in [0.3, 0.4) is 0 Å². The first kappa shape index (κ1) is 20.2. The second-order valence-corrected chi connectivity index (χ2v) is 7.68. The van der Waals surface area contributed by atoms with E-state index in [0.29, 0.717) is 29.8 Å². The third-order valence-corrected chi connectivity index (χ3v) is 5.98. The Morgan fingerprint density at radius 1 is 1.11 bits per heavy atom. The summed E-state index contributed by atoms with van der Waals surface area (Å²) in [6, 6.07) is 15.7. The normalized spacial score (nSPS) is 19.8. The lowest BCUT2D eigenvalue weighted by molar-refractivity contribution is -0.0278. The van der Waals surface area contributed by atoms with Gasteiger partial charge in [-0.3, -0.25) is 4.79 Å². The van der Waals surface area contributed by atoms with E-state index >= 15 is 0 Å². The lowest BCUT2D eigenvalue weighted by Crippen LogP contribution is -2.51. The fourth-order valence-corrected chi connectivity index (χ4v) is 4.63. The number of carbonyl (C=O) groups is 1. The summed E-state index contributed by atoms with van der Waals surface area (Å²) in [5.41, 5.74) is 8.83. The minimum absolute atomic E-state index is 0. The first-order valence-electron chi connectivity index (χ1n) is 9.73. The summed E-state index contributed by atoms with van der Waals surface area (Å²) in [6.45, 7) is 0. The Labute approximate surface area is 172 Å². The van der Waals surface area contributed by atoms with E-state index in [2.05, 4.69) is 6.07 Å². The average Bonchev–Trinajstić information content (AvgIpc) is 2.68. The summed E-state index contributed by atoms with van der Waals surface area (Å²) in [5, 5.41) is 9.04. The van der Waals surface area contributed by atoms with Crippen molar-refractivity contribution in [2.75, 3.05) is 5.73 Å². The smallest absolute Gasteiger partial charge is 0.173 e. The topological polar surface area (TPSA) is 76.1 Å². The Morgan fingerprint density at radius 3 is 2.57 bits per heavy atom. The van der Waals surface area contributed by atoms with Crippen molar-refractivity contribution in [3.05, 3.63) is 48.0 Å². The van der Waals surface area contributed by atoms with E-state index in [9.17, 15) is 4.79 Å². The average molecular weight is 397 g/mol. The fraction of sp³-hybridized carbons (Fsp3) is 0.391. The number of benzene rings is 2. The first-order chi connectivity index (χ1) is 13.1. The molecule has 2 aromatic carbocycles. The number of nitriles is 1. The number of hydrogen-bond donors (Lipinski definition) is 1. The maximum absolute atomic E-state index is 13.3. The summed E-state index contributed by atoms with van der Waals surface area (Å²) in [4.78, 5) is 13.3. The molecule has 2 aliphatic rings. The summed E-state index contributed by atoms with van der Waals surface area (Å²) in [5.74, 6) is 0.589. The minimum atomic E-state index is -0.451. The lowest BCUT2D eigenvalue weighted by Gasteiger charge is -2.46. The molecule has 0 aromatic heterocycles. The van der Waals surface area contributed by atoms with E-state index < -0.39 is 5.60 Å². The molecule has 28 heavy (non-hydrogen) atoms. The summed E-state index contributed by atoms with van der Waals surface area (Å²) in [6.07, 6.45) is 6.05. The van der Waals surface area contributed by atoms with Crippen LogP contribution in [0.4, 0.5) is 5.69 Å². The number of ether oxygens (including phenoxy) is 1. The number of hydrogen-bond acceptors (Lipinski definition) is 4. The fourth-order valence-electron chi connectivity index (χ4n) is 4.63.